The molecule has 10 rings (SSSR count). The van der Waals surface area contributed by atoms with Crippen LogP contribution in [0.4, 0.5) is 22.7 Å². The third-order valence-electron chi connectivity index (χ3n) is 10.2. The number of pyridine rings is 1. The zero-order valence-corrected chi connectivity index (χ0v) is 28.1. The third kappa shape index (κ3) is 4.80. The lowest BCUT2D eigenvalue weighted by atomic mass is 9.94. The van der Waals surface area contributed by atoms with Crippen LogP contribution in [0, 0.1) is 6.57 Å². The van der Waals surface area contributed by atoms with Crippen molar-refractivity contribution in [3.05, 3.63) is 194 Å². The Balaban J connectivity index is 1.06. The van der Waals surface area contributed by atoms with Gasteiger partial charge in [-0.2, -0.15) is 0 Å². The summed E-state index contributed by atoms with van der Waals surface area (Å²) in [7, 11) is 0. The largest absolute Gasteiger partial charge is 0.311 e. The van der Waals surface area contributed by atoms with Crippen molar-refractivity contribution in [1.82, 2.24) is 9.55 Å². The molecule has 0 aliphatic carbocycles. The predicted molar refractivity (Wildman–Crippen MR) is 217 cm³/mol. The van der Waals surface area contributed by atoms with Gasteiger partial charge in [-0.15, -0.1) is 0 Å². The lowest BCUT2D eigenvalue weighted by Crippen LogP contribution is -2.09. The summed E-state index contributed by atoms with van der Waals surface area (Å²) in [5.41, 5.74) is 12.8. The van der Waals surface area contributed by atoms with Crippen LogP contribution in [0.15, 0.2) is 182 Å². The summed E-state index contributed by atoms with van der Waals surface area (Å²) >= 11 is 0. The number of nitrogens with zero attached hydrogens (tertiary/aromatic N) is 4. The lowest BCUT2D eigenvalue weighted by Gasteiger charge is -2.26. The highest BCUT2D eigenvalue weighted by atomic mass is 15.1. The molecule has 8 aromatic carbocycles. The van der Waals surface area contributed by atoms with E-state index in [0.29, 0.717) is 5.69 Å². The van der Waals surface area contributed by atoms with Crippen molar-refractivity contribution in [2.24, 2.45) is 0 Å². The van der Waals surface area contributed by atoms with Crippen molar-refractivity contribution >= 4 is 66.2 Å². The summed E-state index contributed by atoms with van der Waals surface area (Å²) in [5.74, 6) is 0. The zero-order valence-electron chi connectivity index (χ0n) is 28.1. The molecule has 0 aliphatic heterocycles. The van der Waals surface area contributed by atoms with Crippen LogP contribution >= 0.6 is 0 Å². The van der Waals surface area contributed by atoms with Gasteiger partial charge in [0.2, 0.25) is 0 Å². The molecule has 0 saturated heterocycles. The standard InChI is InChI=1S/C48H30N4/c1-49-37-19-25-41(26-20-37)51(39-21-14-32(15-22-39)36-30-35-8-5-6-12-44(35)50-31-36)40-23-16-33(17-24-40)42-28-29-46-48-43(42)27-18-34-9-7-13-45(47(34)48)52(46)38-10-3-2-4-11-38/h2-31H. The average molecular weight is 663 g/mol. The second-order valence-corrected chi connectivity index (χ2v) is 13.1. The minimum Gasteiger partial charge on any atom is -0.311 e. The predicted octanol–water partition coefficient (Wildman–Crippen LogP) is 13.3. The molecular formula is C48H30N4. The molecule has 4 heteroatoms. The van der Waals surface area contributed by atoms with E-state index in [-0.39, 0.29) is 0 Å². The zero-order chi connectivity index (χ0) is 34.6. The van der Waals surface area contributed by atoms with Crippen molar-refractivity contribution in [2.75, 3.05) is 4.90 Å². The summed E-state index contributed by atoms with van der Waals surface area (Å²) in [6.07, 6.45) is 1.94. The van der Waals surface area contributed by atoms with Gasteiger partial charge in [0.05, 0.1) is 23.1 Å². The number of hydrogen-bond acceptors (Lipinski definition) is 2. The van der Waals surface area contributed by atoms with Gasteiger partial charge in [0.15, 0.2) is 5.69 Å². The molecule has 10 aromatic rings. The van der Waals surface area contributed by atoms with E-state index in [1.807, 2.05) is 48.7 Å². The highest BCUT2D eigenvalue weighted by Crippen LogP contribution is 2.43. The van der Waals surface area contributed by atoms with Crippen LogP contribution in [0.1, 0.15) is 0 Å². The van der Waals surface area contributed by atoms with E-state index < -0.39 is 0 Å². The Bertz CT molecular complexity index is 2940. The fourth-order valence-electron chi connectivity index (χ4n) is 7.74. The van der Waals surface area contributed by atoms with E-state index in [1.54, 1.807) is 0 Å². The summed E-state index contributed by atoms with van der Waals surface area (Å²) in [6.45, 7) is 7.49. The summed E-state index contributed by atoms with van der Waals surface area (Å²) in [4.78, 5) is 10.6. The second kappa shape index (κ2) is 12.0. The molecule has 242 valence electrons. The van der Waals surface area contributed by atoms with Gasteiger partial charge in [0.1, 0.15) is 0 Å². The van der Waals surface area contributed by atoms with Gasteiger partial charge >= 0.3 is 0 Å². The molecule has 52 heavy (non-hydrogen) atoms. The van der Waals surface area contributed by atoms with E-state index in [2.05, 4.69) is 153 Å². The first-order valence-corrected chi connectivity index (χ1v) is 17.4. The van der Waals surface area contributed by atoms with Crippen LogP contribution in [-0.2, 0) is 0 Å². The highest BCUT2D eigenvalue weighted by molar-refractivity contribution is 6.26. The SMILES string of the molecule is [C-]#[N+]c1ccc(N(c2ccc(-c3cnc4ccccc4c3)cc2)c2ccc(-c3ccc4c5c3ccc3cccc(c35)n4-c3ccccc3)cc2)cc1. The van der Waals surface area contributed by atoms with Gasteiger partial charge in [0, 0.05) is 50.7 Å². The van der Waals surface area contributed by atoms with Gasteiger partial charge in [0.25, 0.3) is 0 Å². The Morgan fingerprint density at radius 3 is 1.90 bits per heavy atom. The number of hydrogen-bond donors (Lipinski definition) is 0. The molecule has 0 fully saturated rings. The first kappa shape index (κ1) is 29.7. The van der Waals surface area contributed by atoms with Gasteiger partial charge in [-0.3, -0.25) is 4.98 Å². The van der Waals surface area contributed by atoms with E-state index in [0.717, 1.165) is 50.3 Å². The normalized spacial score (nSPS) is 11.4. The average Bonchev–Trinajstić information content (AvgIpc) is 3.56. The van der Waals surface area contributed by atoms with Crippen LogP contribution in [0.5, 0.6) is 0 Å². The number of benzene rings is 8. The highest BCUT2D eigenvalue weighted by Gasteiger charge is 2.19. The first-order valence-electron chi connectivity index (χ1n) is 17.4. The number of rotatable bonds is 6. The molecule has 0 spiro atoms. The first-order chi connectivity index (χ1) is 25.7. The van der Waals surface area contributed by atoms with E-state index >= 15 is 0 Å². The summed E-state index contributed by atoms with van der Waals surface area (Å²) in [5, 5.41) is 6.21. The topological polar surface area (TPSA) is 25.4 Å². The minimum absolute atomic E-state index is 0.618. The Morgan fingerprint density at radius 1 is 0.500 bits per heavy atom. The molecule has 0 bridgehead atoms. The van der Waals surface area contributed by atoms with Crippen LogP contribution in [0.25, 0.3) is 76.3 Å². The Labute approximate surface area is 301 Å². The Morgan fingerprint density at radius 2 is 1.15 bits per heavy atom. The van der Waals surface area contributed by atoms with Crippen LogP contribution in [0.3, 0.4) is 0 Å². The molecule has 0 amide bonds. The maximum atomic E-state index is 7.49. The monoisotopic (exact) mass is 662 g/mol. The fraction of sp³-hybridized carbons (Fsp3) is 0. The van der Waals surface area contributed by atoms with Gasteiger partial charge in [-0.1, -0.05) is 103 Å². The molecule has 0 aliphatic rings. The van der Waals surface area contributed by atoms with Crippen LogP contribution < -0.4 is 4.90 Å². The van der Waals surface area contributed by atoms with E-state index in [4.69, 9.17) is 6.57 Å². The Hall–Kier alpha value is -7.22. The molecular weight excluding hydrogens is 633 g/mol. The van der Waals surface area contributed by atoms with Crippen LogP contribution in [-0.4, -0.2) is 9.55 Å². The minimum atomic E-state index is 0.618. The number of fused-ring (bicyclic) bond motifs is 1. The molecule has 0 saturated carbocycles. The second-order valence-electron chi connectivity index (χ2n) is 13.1. The summed E-state index contributed by atoms with van der Waals surface area (Å²) < 4.78 is 2.39. The molecule has 0 unspecified atom stereocenters. The Kier molecular flexibility index (Phi) is 6.84. The fourth-order valence-corrected chi connectivity index (χ4v) is 7.74. The lowest BCUT2D eigenvalue weighted by molar-refractivity contribution is 1.18. The number of para-hydroxylation sites is 2. The molecule has 4 nitrogen and oxygen atoms in total. The van der Waals surface area contributed by atoms with Gasteiger partial charge in [-0.25, -0.2) is 4.85 Å². The molecule has 2 aromatic heterocycles. The third-order valence-corrected chi connectivity index (χ3v) is 10.2. The van der Waals surface area contributed by atoms with Crippen molar-refractivity contribution < 1.29 is 0 Å². The quantitative estimate of drug-likeness (QED) is 0.131. The van der Waals surface area contributed by atoms with Crippen molar-refractivity contribution in [1.29, 1.82) is 0 Å². The van der Waals surface area contributed by atoms with Crippen molar-refractivity contribution in [2.45, 2.75) is 0 Å². The van der Waals surface area contributed by atoms with E-state index in [1.165, 1.54) is 38.1 Å². The molecule has 2 heterocycles. The number of anilines is 3. The number of aromatic nitrogens is 2. The molecule has 0 atom stereocenters. The van der Waals surface area contributed by atoms with Gasteiger partial charge < -0.3 is 9.47 Å². The summed E-state index contributed by atoms with van der Waals surface area (Å²) in [6, 6.07) is 61.9. The maximum absolute atomic E-state index is 7.49. The van der Waals surface area contributed by atoms with Crippen molar-refractivity contribution in [3.63, 3.8) is 0 Å². The maximum Gasteiger partial charge on any atom is 0.187 e. The van der Waals surface area contributed by atoms with Crippen molar-refractivity contribution in [3.8, 4) is 27.9 Å². The van der Waals surface area contributed by atoms with E-state index in [9.17, 15) is 0 Å². The molecule has 0 radical (unpaired) electrons. The molecule has 0 N–H and O–H groups in total. The van der Waals surface area contributed by atoms with Gasteiger partial charge in [-0.05, 0) is 100 Å². The smallest absolute Gasteiger partial charge is 0.187 e. The van der Waals surface area contributed by atoms with Crippen LogP contribution in [0.2, 0.25) is 0 Å².